The number of benzene rings is 1. The fraction of sp³-hybridized carbons (Fsp3) is 0.533. The molecule has 3 rings (SSSR count). The van der Waals surface area contributed by atoms with E-state index in [4.69, 9.17) is 9.84 Å². The van der Waals surface area contributed by atoms with Crippen LogP contribution in [0, 0.1) is 0 Å². The van der Waals surface area contributed by atoms with E-state index in [1.807, 2.05) is 6.07 Å². The average Bonchev–Trinajstić information content (AvgIpc) is 2.85. The van der Waals surface area contributed by atoms with Gasteiger partial charge in [-0.05, 0) is 30.5 Å². The van der Waals surface area contributed by atoms with E-state index < -0.39 is 5.97 Å². The van der Waals surface area contributed by atoms with E-state index in [1.165, 1.54) is 11.1 Å². The number of nitrogens with zero attached hydrogens (tertiary/aromatic N) is 1. The number of carboxylic acid groups (broad SMARTS) is 1. The maximum atomic E-state index is 11.0. The van der Waals surface area contributed by atoms with Crippen molar-refractivity contribution in [1.82, 2.24) is 4.90 Å². The molecule has 1 N–H and O–H groups in total. The second-order valence-corrected chi connectivity index (χ2v) is 5.36. The molecule has 1 aromatic carbocycles. The summed E-state index contributed by atoms with van der Waals surface area (Å²) in [5.41, 5.74) is 2.55. The van der Waals surface area contributed by atoms with Crippen LogP contribution in [0.15, 0.2) is 24.3 Å². The molecular formula is C15H19NO3. The lowest BCUT2D eigenvalue weighted by molar-refractivity contribution is -0.138. The van der Waals surface area contributed by atoms with Crippen LogP contribution in [0.2, 0.25) is 0 Å². The molecule has 0 aliphatic carbocycles. The molecule has 0 spiro atoms. The van der Waals surface area contributed by atoms with Gasteiger partial charge in [0, 0.05) is 6.04 Å². The Labute approximate surface area is 113 Å². The third-order valence-electron chi connectivity index (χ3n) is 4.18. The lowest BCUT2D eigenvalue weighted by Gasteiger charge is -2.36. The molecule has 0 saturated carbocycles. The second-order valence-electron chi connectivity index (χ2n) is 5.36. The average molecular weight is 261 g/mol. The van der Waals surface area contributed by atoms with Crippen LogP contribution in [-0.4, -0.2) is 35.2 Å². The van der Waals surface area contributed by atoms with Crippen molar-refractivity contribution in [3.05, 3.63) is 35.4 Å². The van der Waals surface area contributed by atoms with Gasteiger partial charge in [0.2, 0.25) is 0 Å². The number of carbonyl (C=O) groups is 1. The summed E-state index contributed by atoms with van der Waals surface area (Å²) in [6, 6.07) is 8.71. The van der Waals surface area contributed by atoms with Gasteiger partial charge in [0.1, 0.15) is 0 Å². The van der Waals surface area contributed by atoms with Crippen molar-refractivity contribution in [3.8, 4) is 0 Å². The minimum Gasteiger partial charge on any atom is -0.481 e. The molecule has 2 heterocycles. The molecule has 1 aromatic rings. The Hall–Kier alpha value is -1.39. The first-order chi connectivity index (χ1) is 9.25. The van der Waals surface area contributed by atoms with Crippen molar-refractivity contribution in [2.45, 2.75) is 38.0 Å². The van der Waals surface area contributed by atoms with Crippen LogP contribution in [0.5, 0.6) is 0 Å². The highest BCUT2D eigenvalue weighted by Gasteiger charge is 2.35. The fourth-order valence-electron chi connectivity index (χ4n) is 3.32. The van der Waals surface area contributed by atoms with Gasteiger partial charge in [0.05, 0.1) is 25.7 Å². The zero-order valence-corrected chi connectivity index (χ0v) is 10.9. The van der Waals surface area contributed by atoms with Gasteiger partial charge in [-0.15, -0.1) is 0 Å². The molecule has 1 saturated heterocycles. The number of hydrogen-bond acceptors (Lipinski definition) is 3. The summed E-state index contributed by atoms with van der Waals surface area (Å²) in [7, 11) is 0. The lowest BCUT2D eigenvalue weighted by atomic mass is 9.97. The Bertz CT molecular complexity index is 474. The number of rotatable bonds is 3. The first-order valence-electron chi connectivity index (χ1n) is 6.89. The van der Waals surface area contributed by atoms with Gasteiger partial charge in [-0.1, -0.05) is 24.3 Å². The predicted molar refractivity (Wildman–Crippen MR) is 70.8 cm³/mol. The molecule has 0 radical (unpaired) electrons. The number of hydrogen-bond donors (Lipinski definition) is 1. The van der Waals surface area contributed by atoms with Gasteiger partial charge in [0.25, 0.3) is 0 Å². The van der Waals surface area contributed by atoms with Gasteiger partial charge < -0.3 is 9.84 Å². The van der Waals surface area contributed by atoms with Crippen LogP contribution in [-0.2, 0) is 16.1 Å². The van der Waals surface area contributed by atoms with Crippen molar-refractivity contribution >= 4 is 5.97 Å². The summed E-state index contributed by atoms with van der Waals surface area (Å²) in [6.45, 7) is 2.32. The van der Waals surface area contributed by atoms with E-state index in [0.29, 0.717) is 13.2 Å². The van der Waals surface area contributed by atoms with E-state index in [2.05, 4.69) is 23.1 Å². The third-order valence-corrected chi connectivity index (χ3v) is 4.18. The number of carboxylic acids is 1. The third kappa shape index (κ3) is 2.51. The molecule has 0 bridgehead atoms. The Balaban J connectivity index is 1.84. The minimum atomic E-state index is -0.707. The largest absolute Gasteiger partial charge is 0.481 e. The summed E-state index contributed by atoms with van der Waals surface area (Å²) in [4.78, 5) is 13.3. The molecule has 2 atom stereocenters. The summed E-state index contributed by atoms with van der Waals surface area (Å²) >= 11 is 0. The first-order valence-corrected chi connectivity index (χ1v) is 6.89. The van der Waals surface area contributed by atoms with Crippen LogP contribution in [0.25, 0.3) is 0 Å². The monoisotopic (exact) mass is 261 g/mol. The molecule has 2 aliphatic rings. The molecule has 2 unspecified atom stereocenters. The van der Waals surface area contributed by atoms with Crippen molar-refractivity contribution < 1.29 is 14.6 Å². The zero-order chi connectivity index (χ0) is 13.2. The van der Waals surface area contributed by atoms with Crippen LogP contribution >= 0.6 is 0 Å². The maximum Gasteiger partial charge on any atom is 0.304 e. The summed E-state index contributed by atoms with van der Waals surface area (Å²) in [5.74, 6) is -0.707. The lowest BCUT2D eigenvalue weighted by Crippen LogP contribution is -2.39. The molecule has 4 nitrogen and oxygen atoms in total. The van der Waals surface area contributed by atoms with Crippen molar-refractivity contribution in [3.63, 3.8) is 0 Å². The predicted octanol–water partition coefficient (Wildman–Crippen LogP) is 2.20. The Kier molecular flexibility index (Phi) is 3.53. The smallest absolute Gasteiger partial charge is 0.304 e. The highest BCUT2D eigenvalue weighted by Crippen LogP contribution is 2.35. The summed E-state index contributed by atoms with van der Waals surface area (Å²) in [5, 5.41) is 9.03. The Morgan fingerprint density at radius 3 is 3.11 bits per heavy atom. The van der Waals surface area contributed by atoms with Crippen LogP contribution in [0.4, 0.5) is 0 Å². The summed E-state index contributed by atoms with van der Waals surface area (Å²) in [6.07, 6.45) is 2.29. The molecule has 2 aliphatic heterocycles. The van der Waals surface area contributed by atoms with Crippen LogP contribution in [0.3, 0.4) is 0 Å². The molecule has 102 valence electrons. The van der Waals surface area contributed by atoms with Crippen molar-refractivity contribution in [2.75, 3.05) is 13.2 Å². The SMILES string of the molecule is O=C(O)CC1CCCN1C1COCc2ccccc21. The first kappa shape index (κ1) is 12.6. The minimum absolute atomic E-state index is 0.150. The van der Waals surface area contributed by atoms with E-state index >= 15 is 0 Å². The van der Waals surface area contributed by atoms with Crippen molar-refractivity contribution in [2.24, 2.45) is 0 Å². The number of aliphatic carboxylic acids is 1. The topological polar surface area (TPSA) is 49.8 Å². The second kappa shape index (κ2) is 5.31. The standard InChI is InChI=1S/C15H19NO3/c17-15(18)8-12-5-3-7-16(12)14-10-19-9-11-4-1-2-6-13(11)14/h1-2,4,6,12,14H,3,5,7-10H2,(H,17,18). The van der Waals surface area contributed by atoms with Gasteiger partial charge >= 0.3 is 5.97 Å². The Morgan fingerprint density at radius 2 is 2.26 bits per heavy atom. The van der Waals surface area contributed by atoms with E-state index in [-0.39, 0.29) is 18.5 Å². The molecule has 0 amide bonds. The van der Waals surface area contributed by atoms with Crippen LogP contribution in [0.1, 0.15) is 36.4 Å². The molecule has 0 aromatic heterocycles. The van der Waals surface area contributed by atoms with E-state index in [1.54, 1.807) is 0 Å². The van der Waals surface area contributed by atoms with Gasteiger partial charge in [0.15, 0.2) is 0 Å². The number of fused-ring (bicyclic) bond motifs is 1. The zero-order valence-electron chi connectivity index (χ0n) is 10.9. The molecule has 4 heteroatoms. The van der Waals surface area contributed by atoms with E-state index in [0.717, 1.165) is 19.4 Å². The highest BCUT2D eigenvalue weighted by atomic mass is 16.5. The Morgan fingerprint density at radius 1 is 1.42 bits per heavy atom. The highest BCUT2D eigenvalue weighted by molar-refractivity contribution is 5.67. The van der Waals surface area contributed by atoms with E-state index in [9.17, 15) is 4.79 Å². The maximum absolute atomic E-state index is 11.0. The summed E-state index contributed by atoms with van der Waals surface area (Å²) < 4.78 is 5.69. The molecule has 1 fully saturated rings. The number of likely N-dealkylation sites (tertiary alicyclic amines) is 1. The fourth-order valence-corrected chi connectivity index (χ4v) is 3.32. The quantitative estimate of drug-likeness (QED) is 0.906. The number of ether oxygens (including phenoxy) is 1. The molecular weight excluding hydrogens is 242 g/mol. The van der Waals surface area contributed by atoms with Gasteiger partial charge in [-0.25, -0.2) is 0 Å². The van der Waals surface area contributed by atoms with Gasteiger partial charge in [-0.3, -0.25) is 9.69 Å². The molecule has 19 heavy (non-hydrogen) atoms. The normalized spacial score (nSPS) is 27.2. The van der Waals surface area contributed by atoms with Crippen LogP contribution < -0.4 is 0 Å². The van der Waals surface area contributed by atoms with Crippen molar-refractivity contribution in [1.29, 1.82) is 0 Å². The van der Waals surface area contributed by atoms with Gasteiger partial charge in [-0.2, -0.15) is 0 Å².